The number of hydrogen-bond acceptors (Lipinski definition) is 6. The topological polar surface area (TPSA) is 114 Å². The predicted octanol–water partition coefficient (Wildman–Crippen LogP) is 3.01. The second kappa shape index (κ2) is 9.54. The van der Waals surface area contributed by atoms with Crippen LogP contribution in [0.3, 0.4) is 0 Å². The number of carbonyl (C=O) groups excluding carboxylic acids is 4. The lowest BCUT2D eigenvalue weighted by Gasteiger charge is -2.43. The molecular formula is C25H27N3O6. The highest BCUT2D eigenvalue weighted by molar-refractivity contribution is 6.00. The molecule has 1 saturated heterocycles. The second-order valence-electron chi connectivity index (χ2n) is 8.64. The fourth-order valence-electron chi connectivity index (χ4n) is 4.26. The van der Waals surface area contributed by atoms with E-state index in [0.29, 0.717) is 54.4 Å². The van der Waals surface area contributed by atoms with Gasteiger partial charge in [0.1, 0.15) is 17.1 Å². The quantitative estimate of drug-likeness (QED) is 0.702. The lowest BCUT2D eigenvalue weighted by Crippen LogP contribution is -2.51. The Hall–Kier alpha value is -3.88. The molecule has 4 rings (SSSR count). The van der Waals surface area contributed by atoms with E-state index in [4.69, 9.17) is 9.47 Å². The van der Waals surface area contributed by atoms with E-state index in [9.17, 15) is 19.2 Å². The molecule has 9 heteroatoms. The van der Waals surface area contributed by atoms with Crippen molar-refractivity contribution in [3.63, 3.8) is 0 Å². The summed E-state index contributed by atoms with van der Waals surface area (Å²) in [5.41, 5.74) is 1.09. The first kappa shape index (κ1) is 23.3. The van der Waals surface area contributed by atoms with Gasteiger partial charge in [0.25, 0.3) is 5.91 Å². The summed E-state index contributed by atoms with van der Waals surface area (Å²) in [5, 5.41) is 5.39. The number of hydrogen-bond donors (Lipinski definition) is 2. The van der Waals surface area contributed by atoms with E-state index in [1.165, 1.54) is 6.92 Å². The summed E-state index contributed by atoms with van der Waals surface area (Å²) in [5.74, 6) is 0.364. The Balaban J connectivity index is 1.36. The van der Waals surface area contributed by atoms with Crippen LogP contribution >= 0.6 is 0 Å². The zero-order chi connectivity index (χ0) is 24.3. The number of nitrogens with zero attached hydrogens (tertiary/aromatic N) is 1. The number of fused-ring (bicyclic) bond motifs is 1. The Morgan fingerprint density at radius 3 is 2.26 bits per heavy atom. The Kier molecular flexibility index (Phi) is 6.54. The van der Waals surface area contributed by atoms with E-state index in [1.807, 2.05) is 0 Å². The molecule has 2 aliphatic rings. The highest BCUT2D eigenvalue weighted by Gasteiger charge is 2.43. The molecule has 0 aromatic heterocycles. The van der Waals surface area contributed by atoms with Crippen LogP contribution in [0.4, 0.5) is 11.4 Å². The molecule has 0 radical (unpaired) electrons. The van der Waals surface area contributed by atoms with Crippen molar-refractivity contribution in [3.05, 3.63) is 48.0 Å². The van der Waals surface area contributed by atoms with Gasteiger partial charge in [-0.3, -0.25) is 19.2 Å². The van der Waals surface area contributed by atoms with E-state index >= 15 is 0 Å². The van der Waals surface area contributed by atoms with Crippen molar-refractivity contribution in [2.24, 2.45) is 0 Å². The number of benzene rings is 2. The van der Waals surface area contributed by atoms with Crippen molar-refractivity contribution in [2.45, 2.75) is 38.7 Å². The SMILES string of the molecule is CC(=O)Nc1ccc(NC(=O)COc2ccc3c(c2)OC2(CCN(C(C)=O)CC2)CC3=O)cc1. The average Bonchev–Trinajstić information content (AvgIpc) is 2.78. The van der Waals surface area contributed by atoms with Gasteiger partial charge in [-0.25, -0.2) is 0 Å². The number of rotatable bonds is 5. The molecule has 34 heavy (non-hydrogen) atoms. The maximum absolute atomic E-state index is 12.7. The minimum Gasteiger partial charge on any atom is -0.486 e. The highest BCUT2D eigenvalue weighted by atomic mass is 16.5. The van der Waals surface area contributed by atoms with Gasteiger partial charge in [0.15, 0.2) is 12.4 Å². The summed E-state index contributed by atoms with van der Waals surface area (Å²) in [6.45, 7) is 3.85. The number of piperidine rings is 1. The molecule has 1 spiro atoms. The summed E-state index contributed by atoms with van der Waals surface area (Å²) in [6, 6.07) is 11.7. The fraction of sp³-hybridized carbons (Fsp3) is 0.360. The van der Waals surface area contributed by atoms with Gasteiger partial charge in [-0.05, 0) is 36.4 Å². The van der Waals surface area contributed by atoms with E-state index in [1.54, 1.807) is 54.3 Å². The van der Waals surface area contributed by atoms with Crippen LogP contribution in [0.5, 0.6) is 11.5 Å². The van der Waals surface area contributed by atoms with Gasteiger partial charge < -0.3 is 25.0 Å². The van der Waals surface area contributed by atoms with Crippen LogP contribution in [0.1, 0.15) is 43.5 Å². The maximum atomic E-state index is 12.7. The maximum Gasteiger partial charge on any atom is 0.262 e. The van der Waals surface area contributed by atoms with Gasteiger partial charge in [0, 0.05) is 57.2 Å². The molecule has 0 saturated carbocycles. The third-order valence-corrected chi connectivity index (χ3v) is 6.04. The number of Topliss-reactive ketones (excluding diaryl/α,β-unsaturated/α-hetero) is 1. The molecule has 0 atom stereocenters. The summed E-state index contributed by atoms with van der Waals surface area (Å²) < 4.78 is 11.9. The molecule has 2 heterocycles. The molecule has 2 aromatic rings. The van der Waals surface area contributed by atoms with Gasteiger partial charge in [0.2, 0.25) is 11.8 Å². The van der Waals surface area contributed by atoms with Crippen molar-refractivity contribution in [1.29, 1.82) is 0 Å². The van der Waals surface area contributed by atoms with Crippen LogP contribution in [0.15, 0.2) is 42.5 Å². The zero-order valence-electron chi connectivity index (χ0n) is 19.2. The van der Waals surface area contributed by atoms with Crippen LogP contribution in [0.2, 0.25) is 0 Å². The second-order valence-corrected chi connectivity index (χ2v) is 8.64. The summed E-state index contributed by atoms with van der Waals surface area (Å²) >= 11 is 0. The number of carbonyl (C=O) groups is 4. The van der Waals surface area contributed by atoms with Gasteiger partial charge in [0.05, 0.1) is 12.0 Å². The molecule has 178 valence electrons. The van der Waals surface area contributed by atoms with Gasteiger partial charge >= 0.3 is 0 Å². The standard InChI is InChI=1S/C25H27N3O6/c1-16(29)26-18-3-5-19(6-4-18)27-24(32)15-33-20-7-8-21-22(31)14-25(34-23(21)13-20)9-11-28(12-10-25)17(2)30/h3-8,13H,9-12,14-15H2,1-2H3,(H,26,29)(H,27,32). The third kappa shape index (κ3) is 5.36. The monoisotopic (exact) mass is 465 g/mol. The number of likely N-dealkylation sites (tertiary alicyclic amines) is 1. The minimum atomic E-state index is -0.616. The van der Waals surface area contributed by atoms with Crippen LogP contribution < -0.4 is 20.1 Å². The normalized spacial score (nSPS) is 16.3. The molecule has 2 N–H and O–H groups in total. The lowest BCUT2D eigenvalue weighted by atomic mass is 9.82. The summed E-state index contributed by atoms with van der Waals surface area (Å²) in [6.07, 6.45) is 1.47. The summed E-state index contributed by atoms with van der Waals surface area (Å²) in [7, 11) is 0. The van der Waals surface area contributed by atoms with Crippen molar-refractivity contribution in [3.8, 4) is 11.5 Å². The van der Waals surface area contributed by atoms with Gasteiger partial charge in [-0.1, -0.05) is 0 Å². The van der Waals surface area contributed by atoms with Crippen LogP contribution in [0, 0.1) is 0 Å². The van der Waals surface area contributed by atoms with E-state index < -0.39 is 5.60 Å². The zero-order valence-corrected chi connectivity index (χ0v) is 19.2. The number of ether oxygens (including phenoxy) is 2. The lowest BCUT2D eigenvalue weighted by molar-refractivity contribution is -0.132. The number of ketones is 1. The Labute approximate surface area is 197 Å². The number of anilines is 2. The van der Waals surface area contributed by atoms with Crippen LogP contribution in [-0.2, 0) is 14.4 Å². The molecule has 3 amide bonds. The minimum absolute atomic E-state index is 0.00419. The predicted molar refractivity (Wildman–Crippen MR) is 125 cm³/mol. The Morgan fingerprint density at radius 1 is 1.00 bits per heavy atom. The van der Waals surface area contributed by atoms with Crippen molar-refractivity contribution >= 4 is 34.9 Å². The smallest absolute Gasteiger partial charge is 0.262 e. The van der Waals surface area contributed by atoms with Gasteiger partial charge in [-0.2, -0.15) is 0 Å². The molecule has 9 nitrogen and oxygen atoms in total. The van der Waals surface area contributed by atoms with E-state index in [2.05, 4.69) is 10.6 Å². The Bertz CT molecular complexity index is 1120. The summed E-state index contributed by atoms with van der Waals surface area (Å²) in [4.78, 5) is 49.5. The first-order valence-electron chi connectivity index (χ1n) is 11.2. The van der Waals surface area contributed by atoms with Crippen LogP contribution in [-0.4, -0.2) is 53.7 Å². The first-order chi connectivity index (χ1) is 16.2. The molecule has 0 unspecified atom stereocenters. The average molecular weight is 466 g/mol. The van der Waals surface area contributed by atoms with E-state index in [-0.39, 0.29) is 36.5 Å². The molecule has 2 aliphatic heterocycles. The number of amides is 3. The molecule has 1 fully saturated rings. The Morgan fingerprint density at radius 2 is 1.65 bits per heavy atom. The molecular weight excluding hydrogens is 438 g/mol. The molecule has 0 bridgehead atoms. The van der Waals surface area contributed by atoms with Gasteiger partial charge in [-0.15, -0.1) is 0 Å². The molecule has 2 aromatic carbocycles. The largest absolute Gasteiger partial charge is 0.486 e. The van der Waals surface area contributed by atoms with Crippen LogP contribution in [0.25, 0.3) is 0 Å². The third-order valence-electron chi connectivity index (χ3n) is 6.04. The fourth-order valence-corrected chi connectivity index (χ4v) is 4.26. The highest BCUT2D eigenvalue weighted by Crippen LogP contribution is 2.40. The van der Waals surface area contributed by atoms with E-state index in [0.717, 1.165) is 0 Å². The van der Waals surface area contributed by atoms with Crippen molar-refractivity contribution < 1.29 is 28.7 Å². The molecule has 0 aliphatic carbocycles. The van der Waals surface area contributed by atoms with Crippen molar-refractivity contribution in [2.75, 3.05) is 30.3 Å². The van der Waals surface area contributed by atoms with Crippen molar-refractivity contribution in [1.82, 2.24) is 4.90 Å². The first-order valence-corrected chi connectivity index (χ1v) is 11.2. The number of nitrogens with one attached hydrogen (secondary N) is 2.